The van der Waals surface area contributed by atoms with Crippen molar-refractivity contribution in [3.8, 4) is 11.3 Å². The van der Waals surface area contributed by atoms with Crippen molar-refractivity contribution in [1.29, 1.82) is 0 Å². The summed E-state index contributed by atoms with van der Waals surface area (Å²) in [6.07, 6.45) is 2.09. The second-order valence-electron chi connectivity index (χ2n) is 5.42. The fraction of sp³-hybridized carbons (Fsp3) is 0.250. The maximum Gasteiger partial charge on any atom is 0.239 e. The summed E-state index contributed by atoms with van der Waals surface area (Å²) in [6, 6.07) is 3.96. The number of hydrogen-bond donors (Lipinski definition) is 1. The molecule has 1 amide bonds. The maximum atomic E-state index is 11.2. The van der Waals surface area contributed by atoms with Crippen LogP contribution in [0, 0.1) is 27.7 Å². The van der Waals surface area contributed by atoms with Crippen LogP contribution >= 0.6 is 20.6 Å². The highest BCUT2D eigenvalue weighted by Gasteiger charge is 2.14. The second-order valence-corrected chi connectivity index (χ2v) is 7.13. The second kappa shape index (κ2) is 5.49. The monoisotopic (exact) mass is 331 g/mol. The minimum absolute atomic E-state index is 0.135. The number of fused-ring (bicyclic) bond motifs is 1. The van der Waals surface area contributed by atoms with Gasteiger partial charge in [-0.05, 0) is 54.1 Å². The lowest BCUT2D eigenvalue weighted by Crippen LogP contribution is -2.03. The molecule has 0 radical (unpaired) electrons. The lowest BCUT2D eigenvalue weighted by Gasteiger charge is -2.12. The van der Waals surface area contributed by atoms with E-state index in [4.69, 9.17) is 4.98 Å². The first kappa shape index (κ1) is 15.2. The van der Waals surface area contributed by atoms with Crippen molar-refractivity contribution in [2.24, 2.45) is 0 Å². The minimum Gasteiger partial charge on any atom is -0.323 e. The summed E-state index contributed by atoms with van der Waals surface area (Å²) in [6.45, 7) is 8.31. The van der Waals surface area contributed by atoms with Gasteiger partial charge in [0.05, 0.1) is 5.69 Å². The summed E-state index contributed by atoms with van der Waals surface area (Å²) in [5, 5.41) is 2.83. The van der Waals surface area contributed by atoms with Gasteiger partial charge in [-0.3, -0.25) is 9.20 Å². The van der Waals surface area contributed by atoms with Crippen LogP contribution < -0.4 is 5.32 Å². The first-order chi connectivity index (χ1) is 10.4. The summed E-state index contributed by atoms with van der Waals surface area (Å²) in [7, 11) is 2.14. The largest absolute Gasteiger partial charge is 0.323 e. The lowest BCUT2D eigenvalue weighted by atomic mass is 9.99. The smallest absolute Gasteiger partial charge is 0.239 e. The third-order valence-corrected chi connectivity index (χ3v) is 5.33. The van der Waals surface area contributed by atoms with Gasteiger partial charge in [-0.2, -0.15) is 0 Å². The number of aromatic nitrogens is 2. The zero-order valence-electron chi connectivity index (χ0n) is 13.0. The van der Waals surface area contributed by atoms with Crippen molar-refractivity contribution in [2.75, 3.05) is 5.32 Å². The average molecular weight is 331 g/mol. The van der Waals surface area contributed by atoms with E-state index in [0.717, 1.165) is 33.0 Å². The molecule has 22 heavy (non-hydrogen) atoms. The summed E-state index contributed by atoms with van der Waals surface area (Å²) in [5.41, 5.74) is 6.22. The van der Waals surface area contributed by atoms with Crippen LogP contribution in [0.4, 0.5) is 10.5 Å². The molecule has 0 aliphatic heterocycles. The van der Waals surface area contributed by atoms with Crippen molar-refractivity contribution in [1.82, 2.24) is 9.38 Å². The van der Waals surface area contributed by atoms with E-state index in [2.05, 4.69) is 45.9 Å². The molecule has 1 unspecified atom stereocenters. The van der Waals surface area contributed by atoms with Crippen molar-refractivity contribution in [3.63, 3.8) is 0 Å². The maximum absolute atomic E-state index is 11.2. The molecule has 1 N–H and O–H groups in total. The van der Waals surface area contributed by atoms with Crippen LogP contribution in [0.25, 0.3) is 16.2 Å². The average Bonchev–Trinajstić information content (AvgIpc) is 2.96. The normalized spacial score (nSPS) is 11.1. The topological polar surface area (TPSA) is 46.4 Å². The molecule has 0 aliphatic rings. The summed E-state index contributed by atoms with van der Waals surface area (Å²) < 4.78 is 2.14. The van der Waals surface area contributed by atoms with Crippen LogP contribution in [0.1, 0.15) is 21.7 Å². The van der Waals surface area contributed by atoms with E-state index < -0.39 is 0 Å². The van der Waals surface area contributed by atoms with Gasteiger partial charge < -0.3 is 5.32 Å². The highest BCUT2D eigenvalue weighted by atomic mass is 32.1. The summed E-state index contributed by atoms with van der Waals surface area (Å²) in [5.74, 6) is 0. The first-order valence-electron chi connectivity index (χ1n) is 7.00. The zero-order valence-corrected chi connectivity index (χ0v) is 15.0. The molecular formula is C16H18N3OPS. The Kier molecular flexibility index (Phi) is 3.79. The molecule has 2 heterocycles. The third kappa shape index (κ3) is 2.44. The molecule has 114 valence electrons. The van der Waals surface area contributed by atoms with E-state index in [1.165, 1.54) is 10.6 Å². The summed E-state index contributed by atoms with van der Waals surface area (Å²) in [4.78, 5) is 18.3. The van der Waals surface area contributed by atoms with E-state index in [-0.39, 0.29) is 5.65 Å². The van der Waals surface area contributed by atoms with Gasteiger partial charge in [0.15, 0.2) is 4.96 Å². The van der Waals surface area contributed by atoms with Gasteiger partial charge >= 0.3 is 0 Å². The molecule has 3 rings (SSSR count). The van der Waals surface area contributed by atoms with Gasteiger partial charge in [0.1, 0.15) is 0 Å². The quantitative estimate of drug-likeness (QED) is 0.692. The number of aryl methyl sites for hydroxylation is 2. The van der Waals surface area contributed by atoms with E-state index in [9.17, 15) is 4.79 Å². The number of carbonyl (C=O) groups is 1. The van der Waals surface area contributed by atoms with E-state index >= 15 is 0 Å². The predicted octanol–water partition coefficient (Wildman–Crippen LogP) is 4.70. The molecule has 1 atom stereocenters. The standard InChI is InChI=1S/C16H18N3OPS/c1-8-9(2)13(18-16(20)21)6-5-12(8)14-7-19-10(3)11(4)22-15(19)17-14/h5-7H,21H2,1-4H3,(H,18,20). The lowest BCUT2D eigenvalue weighted by molar-refractivity contribution is 0.269. The molecular weight excluding hydrogens is 313 g/mol. The van der Waals surface area contributed by atoms with Gasteiger partial charge in [0, 0.05) is 28.0 Å². The van der Waals surface area contributed by atoms with Gasteiger partial charge in [-0.1, -0.05) is 6.07 Å². The number of imidazole rings is 1. The zero-order chi connectivity index (χ0) is 16.0. The van der Waals surface area contributed by atoms with Crippen LogP contribution in [0.5, 0.6) is 0 Å². The van der Waals surface area contributed by atoms with Gasteiger partial charge in [0.25, 0.3) is 0 Å². The molecule has 0 saturated heterocycles. The number of rotatable bonds is 2. The van der Waals surface area contributed by atoms with Gasteiger partial charge in [-0.25, -0.2) is 4.98 Å². The highest BCUT2D eigenvalue weighted by molar-refractivity contribution is 7.40. The molecule has 3 aromatic rings. The number of nitrogens with one attached hydrogen (secondary N) is 1. The fourth-order valence-corrected chi connectivity index (χ4v) is 3.66. The molecule has 0 saturated carbocycles. The van der Waals surface area contributed by atoms with Crippen LogP contribution in [-0.4, -0.2) is 15.0 Å². The Bertz CT molecular complexity index is 895. The molecule has 2 aromatic heterocycles. The molecule has 6 heteroatoms. The number of thiazole rings is 1. The molecule has 0 bridgehead atoms. The minimum atomic E-state index is -0.135. The van der Waals surface area contributed by atoms with Crippen molar-refractivity contribution in [2.45, 2.75) is 27.7 Å². The number of benzene rings is 1. The molecule has 0 aliphatic carbocycles. The van der Waals surface area contributed by atoms with Crippen LogP contribution in [0.2, 0.25) is 0 Å². The molecule has 4 nitrogen and oxygen atoms in total. The number of amides is 1. The predicted molar refractivity (Wildman–Crippen MR) is 96.2 cm³/mol. The van der Waals surface area contributed by atoms with E-state index in [1.54, 1.807) is 11.3 Å². The molecule has 0 spiro atoms. The van der Waals surface area contributed by atoms with Crippen molar-refractivity contribution >= 4 is 36.9 Å². The Balaban J connectivity index is 2.10. The number of carbonyl (C=O) groups excluding carboxylic acids is 1. The Morgan fingerprint density at radius 3 is 2.59 bits per heavy atom. The van der Waals surface area contributed by atoms with Gasteiger partial charge in [-0.15, -0.1) is 11.3 Å². The van der Waals surface area contributed by atoms with E-state index in [1.807, 2.05) is 19.1 Å². The van der Waals surface area contributed by atoms with Crippen molar-refractivity contribution in [3.05, 3.63) is 40.0 Å². The number of nitrogens with zero attached hydrogens (tertiary/aromatic N) is 2. The Labute approximate surface area is 135 Å². The van der Waals surface area contributed by atoms with Crippen molar-refractivity contribution < 1.29 is 4.79 Å². The summed E-state index contributed by atoms with van der Waals surface area (Å²) >= 11 is 1.71. The molecule has 0 fully saturated rings. The Morgan fingerprint density at radius 2 is 1.95 bits per heavy atom. The fourth-order valence-electron chi connectivity index (χ4n) is 2.55. The molecule has 1 aromatic carbocycles. The number of anilines is 1. The number of hydrogen-bond acceptors (Lipinski definition) is 3. The first-order valence-corrected chi connectivity index (χ1v) is 8.40. The third-order valence-electron chi connectivity index (χ3n) is 4.11. The highest BCUT2D eigenvalue weighted by Crippen LogP contribution is 2.32. The SMILES string of the molecule is Cc1sc2nc(-c3ccc(NC(=O)P)c(C)c3C)cn2c1C. The van der Waals surface area contributed by atoms with Gasteiger partial charge in [0.2, 0.25) is 5.65 Å². The van der Waals surface area contributed by atoms with Crippen LogP contribution in [0.15, 0.2) is 18.3 Å². The Hall–Kier alpha value is -1.71. The van der Waals surface area contributed by atoms with Crippen LogP contribution in [0.3, 0.4) is 0 Å². The van der Waals surface area contributed by atoms with Crippen LogP contribution in [-0.2, 0) is 0 Å². The van der Waals surface area contributed by atoms with E-state index in [0.29, 0.717) is 0 Å². The Morgan fingerprint density at radius 1 is 1.23 bits per heavy atom.